The number of carbonyl (C=O) groups is 1. The molecule has 0 bridgehead atoms. The predicted octanol–water partition coefficient (Wildman–Crippen LogP) is 6.26. The topological polar surface area (TPSA) is 92.3 Å². The van der Waals surface area contributed by atoms with Crippen LogP contribution in [-0.4, -0.2) is 24.3 Å². The fourth-order valence-electron chi connectivity index (χ4n) is 3.99. The van der Waals surface area contributed by atoms with Gasteiger partial charge in [-0.1, -0.05) is 41.2 Å². The van der Waals surface area contributed by atoms with Crippen molar-refractivity contribution in [2.75, 3.05) is 9.62 Å². The Bertz CT molecular complexity index is 1690. The third-order valence-electron chi connectivity index (χ3n) is 6.23. The lowest BCUT2D eigenvalue weighted by Gasteiger charge is -2.20. The second-order valence-electron chi connectivity index (χ2n) is 9.15. The minimum absolute atomic E-state index is 0.151. The molecule has 7 nitrogen and oxygen atoms in total. The number of thiazole rings is 1. The third-order valence-corrected chi connectivity index (χ3v) is 8.66. The van der Waals surface area contributed by atoms with Crippen molar-refractivity contribution < 1.29 is 13.2 Å². The van der Waals surface area contributed by atoms with Crippen LogP contribution in [0.1, 0.15) is 32.6 Å². The second kappa shape index (κ2) is 10.4. The van der Waals surface area contributed by atoms with E-state index in [4.69, 9.17) is 4.98 Å². The van der Waals surface area contributed by atoms with E-state index < -0.39 is 10.0 Å². The summed E-state index contributed by atoms with van der Waals surface area (Å²) in [6.07, 6.45) is 3.40. The maximum atomic E-state index is 13.9. The van der Waals surface area contributed by atoms with Gasteiger partial charge >= 0.3 is 0 Å². The molecule has 192 valence electrons. The van der Waals surface area contributed by atoms with Gasteiger partial charge in [0.1, 0.15) is 0 Å². The Kier molecular flexibility index (Phi) is 6.96. The number of aryl methyl sites for hydroxylation is 3. The summed E-state index contributed by atoms with van der Waals surface area (Å²) in [7, 11) is -3.81. The van der Waals surface area contributed by atoms with Crippen LogP contribution in [0.4, 0.5) is 10.8 Å². The van der Waals surface area contributed by atoms with Gasteiger partial charge in [0.15, 0.2) is 5.13 Å². The van der Waals surface area contributed by atoms with Crippen molar-refractivity contribution in [1.82, 2.24) is 9.97 Å². The second-order valence-corrected chi connectivity index (χ2v) is 11.8. The number of nitrogens with zero attached hydrogens (tertiary/aromatic N) is 3. The molecule has 0 spiro atoms. The number of aromatic nitrogens is 2. The average Bonchev–Trinajstić information content (AvgIpc) is 3.30. The lowest BCUT2D eigenvalue weighted by atomic mass is 10.1. The molecule has 0 aliphatic carbocycles. The van der Waals surface area contributed by atoms with Crippen LogP contribution >= 0.6 is 11.3 Å². The molecule has 0 aliphatic heterocycles. The first kappa shape index (κ1) is 25.6. The summed E-state index contributed by atoms with van der Waals surface area (Å²) < 4.78 is 29.4. The van der Waals surface area contributed by atoms with Crippen LogP contribution in [0, 0.1) is 20.8 Å². The van der Waals surface area contributed by atoms with Crippen molar-refractivity contribution in [3.63, 3.8) is 0 Å². The number of rotatable bonds is 7. The number of anilines is 2. The highest BCUT2D eigenvalue weighted by molar-refractivity contribution is 7.92. The normalized spacial score (nSPS) is 11.4. The van der Waals surface area contributed by atoms with E-state index in [2.05, 4.69) is 22.7 Å². The molecule has 5 aromatic rings. The van der Waals surface area contributed by atoms with Gasteiger partial charge in [-0.2, -0.15) is 0 Å². The Balaban J connectivity index is 1.49. The molecule has 2 aromatic heterocycles. The number of sulfonamides is 1. The molecule has 0 radical (unpaired) electrons. The van der Waals surface area contributed by atoms with Crippen molar-refractivity contribution in [2.45, 2.75) is 32.2 Å². The Morgan fingerprint density at radius 1 is 0.947 bits per heavy atom. The van der Waals surface area contributed by atoms with Gasteiger partial charge in [0.25, 0.3) is 15.9 Å². The summed E-state index contributed by atoms with van der Waals surface area (Å²) in [5.41, 5.74) is 5.57. The first-order valence-electron chi connectivity index (χ1n) is 12.0. The van der Waals surface area contributed by atoms with E-state index >= 15 is 0 Å². The quantitative estimate of drug-likeness (QED) is 0.262. The van der Waals surface area contributed by atoms with Crippen LogP contribution < -0.4 is 9.62 Å². The van der Waals surface area contributed by atoms with E-state index in [0.717, 1.165) is 32.5 Å². The van der Waals surface area contributed by atoms with E-state index in [1.807, 2.05) is 32.0 Å². The van der Waals surface area contributed by atoms with Gasteiger partial charge in [-0.25, -0.2) is 13.4 Å². The lowest BCUT2D eigenvalue weighted by molar-refractivity contribution is 0.0985. The van der Waals surface area contributed by atoms with E-state index in [0.29, 0.717) is 16.4 Å². The van der Waals surface area contributed by atoms with E-state index in [9.17, 15) is 13.2 Å². The molecule has 0 saturated heterocycles. The molecule has 5 rings (SSSR count). The fraction of sp³-hybridized carbons (Fsp3) is 0.138. The number of fused-ring (bicyclic) bond motifs is 1. The number of hydrogen-bond acceptors (Lipinski definition) is 6. The van der Waals surface area contributed by atoms with E-state index in [1.165, 1.54) is 11.3 Å². The minimum atomic E-state index is -3.81. The van der Waals surface area contributed by atoms with Gasteiger partial charge < -0.3 is 0 Å². The molecular formula is C29H26N4O3S2. The summed E-state index contributed by atoms with van der Waals surface area (Å²) >= 11 is 1.45. The summed E-state index contributed by atoms with van der Waals surface area (Å²) in [5, 5.41) is 0.560. The fourth-order valence-corrected chi connectivity index (χ4v) is 6.08. The molecule has 0 atom stereocenters. The van der Waals surface area contributed by atoms with Gasteiger partial charge in [-0.05, 0) is 86.0 Å². The highest BCUT2D eigenvalue weighted by Crippen LogP contribution is 2.33. The number of nitrogens with one attached hydrogen (secondary N) is 1. The highest BCUT2D eigenvalue weighted by Gasteiger charge is 2.23. The maximum absolute atomic E-state index is 13.9. The van der Waals surface area contributed by atoms with Crippen LogP contribution in [0.15, 0.2) is 90.1 Å². The van der Waals surface area contributed by atoms with Crippen LogP contribution in [0.5, 0.6) is 0 Å². The molecule has 0 saturated carbocycles. The van der Waals surface area contributed by atoms with Crippen molar-refractivity contribution in [1.29, 1.82) is 0 Å². The smallest absolute Gasteiger partial charge is 0.261 e. The van der Waals surface area contributed by atoms with Gasteiger partial charge in [0, 0.05) is 23.6 Å². The molecule has 1 amide bonds. The van der Waals surface area contributed by atoms with Crippen molar-refractivity contribution in [2.24, 2.45) is 0 Å². The standard InChI is InChI=1S/C29H26N4O3S2/c1-19-9-11-25(12-10-19)38(35,36)32-24-8-4-7-23(16-24)28(34)33(18-22-6-5-13-30-17-22)29-31-26-14-20(2)21(3)15-27(26)37-29/h4-17,32H,18H2,1-3H3. The largest absolute Gasteiger partial charge is 0.280 e. The Morgan fingerprint density at radius 2 is 1.71 bits per heavy atom. The Labute approximate surface area is 225 Å². The third kappa shape index (κ3) is 5.44. The number of carbonyl (C=O) groups excluding carboxylic acids is 1. The molecule has 2 heterocycles. The number of hydrogen-bond donors (Lipinski definition) is 1. The summed E-state index contributed by atoms with van der Waals surface area (Å²) in [5.74, 6) is -0.294. The summed E-state index contributed by atoms with van der Waals surface area (Å²) in [4.78, 5) is 24.6. The Morgan fingerprint density at radius 3 is 2.45 bits per heavy atom. The van der Waals surface area contributed by atoms with Crippen LogP contribution in [-0.2, 0) is 16.6 Å². The molecule has 9 heteroatoms. The number of benzene rings is 3. The number of amides is 1. The zero-order valence-corrected chi connectivity index (χ0v) is 22.8. The van der Waals surface area contributed by atoms with Crippen molar-refractivity contribution in [3.8, 4) is 0 Å². The van der Waals surface area contributed by atoms with Gasteiger partial charge in [0.2, 0.25) is 0 Å². The molecule has 3 aromatic carbocycles. The van der Waals surface area contributed by atoms with Crippen LogP contribution in [0.3, 0.4) is 0 Å². The maximum Gasteiger partial charge on any atom is 0.261 e. The van der Waals surface area contributed by atoms with Gasteiger partial charge in [0.05, 0.1) is 21.7 Å². The van der Waals surface area contributed by atoms with Gasteiger partial charge in [-0.15, -0.1) is 0 Å². The zero-order valence-electron chi connectivity index (χ0n) is 21.2. The monoisotopic (exact) mass is 542 g/mol. The van der Waals surface area contributed by atoms with Crippen LogP contribution in [0.25, 0.3) is 10.2 Å². The molecular weight excluding hydrogens is 516 g/mol. The van der Waals surface area contributed by atoms with Crippen LogP contribution in [0.2, 0.25) is 0 Å². The van der Waals surface area contributed by atoms with Crippen molar-refractivity contribution in [3.05, 3.63) is 113 Å². The molecule has 0 aliphatic rings. The molecule has 38 heavy (non-hydrogen) atoms. The zero-order chi connectivity index (χ0) is 26.9. The summed E-state index contributed by atoms with van der Waals surface area (Å²) in [6.45, 7) is 6.25. The molecule has 0 unspecified atom stereocenters. The first-order valence-corrected chi connectivity index (χ1v) is 14.3. The average molecular weight is 543 g/mol. The predicted molar refractivity (Wildman–Crippen MR) is 152 cm³/mol. The Hall–Kier alpha value is -4.08. The summed E-state index contributed by atoms with van der Waals surface area (Å²) in [6, 6.07) is 20.9. The van der Waals surface area contributed by atoms with E-state index in [-0.39, 0.29) is 17.3 Å². The molecule has 0 fully saturated rings. The lowest BCUT2D eigenvalue weighted by Crippen LogP contribution is -2.30. The SMILES string of the molecule is Cc1ccc(S(=O)(=O)Nc2cccc(C(=O)N(Cc3cccnc3)c3nc4cc(C)c(C)cc4s3)c2)cc1. The van der Waals surface area contributed by atoms with Crippen molar-refractivity contribution >= 4 is 48.3 Å². The molecule has 1 N–H and O–H groups in total. The minimum Gasteiger partial charge on any atom is -0.280 e. The number of pyridine rings is 1. The van der Waals surface area contributed by atoms with Gasteiger partial charge in [-0.3, -0.25) is 19.4 Å². The highest BCUT2D eigenvalue weighted by atomic mass is 32.2. The van der Waals surface area contributed by atoms with E-state index in [1.54, 1.807) is 65.8 Å². The first-order chi connectivity index (χ1) is 18.2.